The lowest BCUT2D eigenvalue weighted by Gasteiger charge is -2.16. The third kappa shape index (κ3) is 3.18. The van der Waals surface area contributed by atoms with Crippen molar-refractivity contribution in [1.82, 2.24) is 4.98 Å². The molecule has 8 heteroatoms. The van der Waals surface area contributed by atoms with E-state index in [0.29, 0.717) is 12.4 Å². The number of aromatic nitrogens is 1. The molecule has 6 nitrogen and oxygen atoms in total. The van der Waals surface area contributed by atoms with Gasteiger partial charge in [-0.25, -0.2) is 18.5 Å². The van der Waals surface area contributed by atoms with Gasteiger partial charge in [-0.3, -0.25) is 9.69 Å². The summed E-state index contributed by atoms with van der Waals surface area (Å²) in [6, 6.07) is 3.64. The Morgan fingerprint density at radius 2 is 2.28 bits per heavy atom. The molecule has 0 aliphatic carbocycles. The molecule has 0 aromatic carbocycles. The minimum atomic E-state index is -3.55. The van der Waals surface area contributed by atoms with Gasteiger partial charge in [0.25, 0.3) is 0 Å². The summed E-state index contributed by atoms with van der Waals surface area (Å²) in [6.07, 6.45) is 1.81. The molecule has 0 radical (unpaired) electrons. The number of pyridine rings is 1. The van der Waals surface area contributed by atoms with Crippen LogP contribution in [0.15, 0.2) is 18.3 Å². The Balaban J connectivity index is 2.18. The molecule has 1 atom stereocenters. The van der Waals surface area contributed by atoms with Gasteiger partial charge >= 0.3 is 0 Å². The highest BCUT2D eigenvalue weighted by atomic mass is 127. The minimum absolute atomic E-state index is 0.111. The van der Waals surface area contributed by atoms with Gasteiger partial charge in [-0.05, 0) is 34.7 Å². The highest BCUT2D eigenvalue weighted by molar-refractivity contribution is 14.1. The number of carbonyl (C=O) groups is 1. The van der Waals surface area contributed by atoms with E-state index in [1.807, 2.05) is 6.07 Å². The van der Waals surface area contributed by atoms with E-state index in [1.165, 1.54) is 4.90 Å². The molecular weight excluding hydrogens is 369 g/mol. The van der Waals surface area contributed by atoms with E-state index in [0.717, 1.165) is 3.57 Å². The zero-order chi connectivity index (χ0) is 13.3. The van der Waals surface area contributed by atoms with E-state index in [2.05, 4.69) is 27.6 Å². The van der Waals surface area contributed by atoms with Crippen molar-refractivity contribution >= 4 is 44.3 Å². The topological polar surface area (TPSA) is 93.4 Å². The summed E-state index contributed by atoms with van der Waals surface area (Å²) in [5.74, 6) is 0.0455. The number of carbonyl (C=O) groups excluding carboxylic acids is 1. The Hall–Kier alpha value is -0.740. The Morgan fingerprint density at radius 3 is 2.89 bits per heavy atom. The highest BCUT2D eigenvalue weighted by Gasteiger charge is 2.34. The molecule has 98 valence electrons. The molecule has 1 aliphatic heterocycles. The van der Waals surface area contributed by atoms with E-state index in [4.69, 9.17) is 5.14 Å². The Morgan fingerprint density at radius 1 is 1.56 bits per heavy atom. The highest BCUT2D eigenvalue weighted by Crippen LogP contribution is 2.27. The SMILES string of the molecule is NS(=O)(=O)CC1CC(=O)N(c2ncccc2I)C1. The average molecular weight is 381 g/mol. The van der Waals surface area contributed by atoms with Gasteiger partial charge in [0.1, 0.15) is 5.82 Å². The van der Waals surface area contributed by atoms with Crippen LogP contribution in [0.3, 0.4) is 0 Å². The summed E-state index contributed by atoms with van der Waals surface area (Å²) in [6.45, 7) is 0.349. The van der Waals surface area contributed by atoms with Crippen LogP contribution in [0.1, 0.15) is 6.42 Å². The summed E-state index contributed by atoms with van der Waals surface area (Å²) in [4.78, 5) is 17.6. The fourth-order valence-electron chi connectivity index (χ4n) is 2.00. The van der Waals surface area contributed by atoms with Crippen molar-refractivity contribution in [1.29, 1.82) is 0 Å². The van der Waals surface area contributed by atoms with Gasteiger partial charge in [0.2, 0.25) is 15.9 Å². The van der Waals surface area contributed by atoms with Gasteiger partial charge in [-0.2, -0.15) is 0 Å². The number of hydrogen-bond donors (Lipinski definition) is 1. The zero-order valence-electron chi connectivity index (χ0n) is 9.41. The fourth-order valence-corrected chi connectivity index (χ4v) is 3.52. The smallest absolute Gasteiger partial charge is 0.228 e. The predicted octanol–water partition coefficient (Wildman–Crippen LogP) is 0.328. The lowest BCUT2D eigenvalue weighted by molar-refractivity contribution is -0.117. The maximum absolute atomic E-state index is 11.9. The van der Waals surface area contributed by atoms with Crippen molar-refractivity contribution in [2.45, 2.75) is 6.42 Å². The number of nitrogens with zero attached hydrogens (tertiary/aromatic N) is 2. The second-order valence-electron chi connectivity index (χ2n) is 4.21. The summed E-state index contributed by atoms with van der Waals surface area (Å²) in [5, 5.41) is 5.00. The van der Waals surface area contributed by atoms with Crippen molar-refractivity contribution in [2.75, 3.05) is 17.2 Å². The molecule has 1 aromatic rings. The first-order valence-corrected chi connectivity index (χ1v) is 8.07. The van der Waals surface area contributed by atoms with Crippen LogP contribution in [0.2, 0.25) is 0 Å². The van der Waals surface area contributed by atoms with Crippen LogP contribution in [-0.2, 0) is 14.8 Å². The molecular formula is C10H12IN3O3S. The van der Waals surface area contributed by atoms with E-state index in [1.54, 1.807) is 12.3 Å². The van der Waals surface area contributed by atoms with Crippen LogP contribution in [0.25, 0.3) is 0 Å². The van der Waals surface area contributed by atoms with Crippen LogP contribution in [0.4, 0.5) is 5.82 Å². The molecule has 1 fully saturated rings. The fraction of sp³-hybridized carbons (Fsp3) is 0.400. The number of sulfonamides is 1. The first-order chi connectivity index (χ1) is 8.37. The number of primary sulfonamides is 1. The number of nitrogens with two attached hydrogens (primary N) is 1. The summed E-state index contributed by atoms with van der Waals surface area (Å²) in [7, 11) is -3.55. The van der Waals surface area contributed by atoms with Crippen LogP contribution >= 0.6 is 22.6 Å². The Kier molecular flexibility index (Phi) is 3.87. The standard InChI is InChI=1S/C10H12IN3O3S/c11-8-2-1-3-13-10(8)14-5-7(4-9(14)15)6-18(12,16)17/h1-3,7H,4-6H2,(H2,12,16,17). The molecule has 2 N–H and O–H groups in total. The third-order valence-corrected chi connectivity index (χ3v) is 4.45. The van der Waals surface area contributed by atoms with E-state index >= 15 is 0 Å². The number of halogens is 1. The second-order valence-corrected chi connectivity index (χ2v) is 7.03. The largest absolute Gasteiger partial charge is 0.296 e. The average Bonchev–Trinajstić information content (AvgIpc) is 2.57. The van der Waals surface area contributed by atoms with Gasteiger partial charge in [0.15, 0.2) is 0 Å². The number of amides is 1. The molecule has 0 saturated carbocycles. The minimum Gasteiger partial charge on any atom is -0.296 e. The molecule has 1 saturated heterocycles. The van der Waals surface area contributed by atoms with Gasteiger partial charge in [0.05, 0.1) is 9.32 Å². The molecule has 2 rings (SSSR count). The maximum atomic E-state index is 11.9. The Bertz CT molecular complexity index is 575. The quantitative estimate of drug-likeness (QED) is 0.764. The molecule has 0 spiro atoms. The molecule has 18 heavy (non-hydrogen) atoms. The van der Waals surface area contributed by atoms with Gasteiger partial charge < -0.3 is 0 Å². The number of rotatable bonds is 3. The number of hydrogen-bond acceptors (Lipinski definition) is 4. The summed E-state index contributed by atoms with van der Waals surface area (Å²) in [5.41, 5.74) is 0. The molecule has 1 aromatic heterocycles. The molecule has 1 amide bonds. The normalized spacial score (nSPS) is 20.4. The van der Waals surface area contributed by atoms with Crippen LogP contribution < -0.4 is 10.0 Å². The maximum Gasteiger partial charge on any atom is 0.228 e. The molecule has 1 unspecified atom stereocenters. The van der Waals surface area contributed by atoms with Gasteiger partial charge in [0, 0.05) is 25.1 Å². The molecule has 1 aliphatic rings. The van der Waals surface area contributed by atoms with Crippen molar-refractivity contribution in [3.63, 3.8) is 0 Å². The zero-order valence-corrected chi connectivity index (χ0v) is 12.4. The van der Waals surface area contributed by atoms with E-state index in [-0.39, 0.29) is 24.0 Å². The van der Waals surface area contributed by atoms with Crippen LogP contribution in [0.5, 0.6) is 0 Å². The first kappa shape index (κ1) is 13.7. The van der Waals surface area contributed by atoms with Crippen molar-refractivity contribution in [3.8, 4) is 0 Å². The van der Waals surface area contributed by atoms with Crippen molar-refractivity contribution in [2.24, 2.45) is 11.1 Å². The monoisotopic (exact) mass is 381 g/mol. The third-order valence-electron chi connectivity index (χ3n) is 2.67. The van der Waals surface area contributed by atoms with E-state index < -0.39 is 10.0 Å². The van der Waals surface area contributed by atoms with Crippen LogP contribution in [0, 0.1) is 9.49 Å². The summed E-state index contributed by atoms with van der Waals surface area (Å²) < 4.78 is 22.9. The second kappa shape index (κ2) is 5.10. The number of anilines is 1. The van der Waals surface area contributed by atoms with Crippen LogP contribution in [-0.4, -0.2) is 31.6 Å². The predicted molar refractivity (Wildman–Crippen MR) is 75.4 cm³/mol. The Labute approximate surface area is 119 Å². The lowest BCUT2D eigenvalue weighted by Crippen LogP contribution is -2.28. The van der Waals surface area contributed by atoms with E-state index in [9.17, 15) is 13.2 Å². The summed E-state index contributed by atoms with van der Waals surface area (Å²) >= 11 is 2.10. The lowest BCUT2D eigenvalue weighted by atomic mass is 10.1. The molecule has 0 bridgehead atoms. The van der Waals surface area contributed by atoms with Crippen molar-refractivity contribution < 1.29 is 13.2 Å². The van der Waals surface area contributed by atoms with Crippen molar-refractivity contribution in [3.05, 3.63) is 21.9 Å². The van der Waals surface area contributed by atoms with Gasteiger partial charge in [-0.15, -0.1) is 0 Å². The first-order valence-electron chi connectivity index (χ1n) is 5.28. The van der Waals surface area contributed by atoms with Gasteiger partial charge in [-0.1, -0.05) is 0 Å². The molecule has 2 heterocycles.